The molecule has 4 nitrogen and oxygen atoms in total. The van der Waals surface area contributed by atoms with Crippen LogP contribution >= 0.6 is 11.3 Å². The zero-order chi connectivity index (χ0) is 15.0. The first-order valence-corrected chi connectivity index (χ1v) is 8.51. The second-order valence-electron chi connectivity index (χ2n) is 6.17. The molecule has 0 spiro atoms. The lowest BCUT2D eigenvalue weighted by Gasteiger charge is -2.47. The molecule has 0 bridgehead atoms. The van der Waals surface area contributed by atoms with Gasteiger partial charge in [-0.3, -0.25) is 4.79 Å². The summed E-state index contributed by atoms with van der Waals surface area (Å²) in [6.07, 6.45) is 5.91. The van der Waals surface area contributed by atoms with Gasteiger partial charge in [0.15, 0.2) is 0 Å². The van der Waals surface area contributed by atoms with Crippen LogP contribution < -0.4 is 0 Å². The number of aliphatic carboxylic acids is 1. The first kappa shape index (κ1) is 14.6. The number of carboxylic acids is 1. The summed E-state index contributed by atoms with van der Waals surface area (Å²) >= 11 is 1.46. The Balaban J connectivity index is 1.92. The fraction of sp³-hybridized carbons (Fsp3) is 0.625. The molecule has 1 aliphatic carbocycles. The summed E-state index contributed by atoms with van der Waals surface area (Å²) in [4.78, 5) is 27.9. The van der Waals surface area contributed by atoms with E-state index in [0.717, 1.165) is 30.6 Å². The Labute approximate surface area is 128 Å². The van der Waals surface area contributed by atoms with Gasteiger partial charge >= 0.3 is 5.97 Å². The number of piperidine rings is 1. The van der Waals surface area contributed by atoms with Crippen molar-refractivity contribution in [2.75, 3.05) is 0 Å². The number of hydrogen-bond donors (Lipinski definition) is 1. The van der Waals surface area contributed by atoms with E-state index in [9.17, 15) is 14.7 Å². The smallest absolute Gasteiger partial charge is 0.326 e. The van der Waals surface area contributed by atoms with Crippen molar-refractivity contribution in [1.82, 2.24) is 4.90 Å². The molecule has 2 fully saturated rings. The Bertz CT molecular complexity index is 553. The first-order valence-electron chi connectivity index (χ1n) is 7.70. The van der Waals surface area contributed by atoms with Crippen LogP contribution in [0, 0.1) is 12.8 Å². The molecule has 1 aliphatic heterocycles. The molecule has 21 heavy (non-hydrogen) atoms. The number of rotatable bonds is 2. The third-order valence-electron chi connectivity index (χ3n) is 4.84. The Kier molecular flexibility index (Phi) is 4.02. The summed E-state index contributed by atoms with van der Waals surface area (Å²) < 4.78 is 0. The second kappa shape index (κ2) is 5.79. The topological polar surface area (TPSA) is 57.6 Å². The zero-order valence-corrected chi connectivity index (χ0v) is 13.1. The van der Waals surface area contributed by atoms with E-state index in [1.807, 2.05) is 19.1 Å². The minimum Gasteiger partial charge on any atom is -0.480 e. The molecule has 0 radical (unpaired) electrons. The number of nitrogens with zero attached hydrogens (tertiary/aromatic N) is 1. The number of likely N-dealkylation sites (tertiary alicyclic amines) is 1. The first-order chi connectivity index (χ1) is 10.1. The molecule has 0 aromatic carbocycles. The highest BCUT2D eigenvalue weighted by atomic mass is 32.1. The summed E-state index contributed by atoms with van der Waals surface area (Å²) in [5.74, 6) is -0.461. The molecule has 1 aromatic heterocycles. The molecule has 3 rings (SSSR count). The van der Waals surface area contributed by atoms with Crippen LogP contribution in [0.4, 0.5) is 0 Å². The van der Waals surface area contributed by atoms with Crippen LogP contribution in [0.25, 0.3) is 0 Å². The van der Waals surface area contributed by atoms with Crippen LogP contribution in [0.2, 0.25) is 0 Å². The Morgan fingerprint density at radius 3 is 2.62 bits per heavy atom. The number of carbonyl (C=O) groups is 2. The lowest BCUT2D eigenvalue weighted by molar-refractivity contribution is -0.146. The normalized spacial score (nSPS) is 29.0. The molecule has 1 saturated carbocycles. The van der Waals surface area contributed by atoms with Crippen molar-refractivity contribution < 1.29 is 14.7 Å². The Hall–Kier alpha value is -1.36. The predicted molar refractivity (Wildman–Crippen MR) is 81.6 cm³/mol. The Morgan fingerprint density at radius 1 is 1.19 bits per heavy atom. The number of amides is 1. The summed E-state index contributed by atoms with van der Waals surface area (Å²) in [6, 6.07) is 3.21. The van der Waals surface area contributed by atoms with Gasteiger partial charge in [0, 0.05) is 10.9 Å². The van der Waals surface area contributed by atoms with E-state index in [2.05, 4.69) is 0 Å². The van der Waals surface area contributed by atoms with Crippen LogP contribution in [0.1, 0.15) is 53.1 Å². The molecular weight excluding hydrogens is 286 g/mol. The maximum atomic E-state index is 12.9. The number of aryl methyl sites for hydroxylation is 1. The highest BCUT2D eigenvalue weighted by Crippen LogP contribution is 2.39. The van der Waals surface area contributed by atoms with Gasteiger partial charge in [-0.25, -0.2) is 4.79 Å². The highest BCUT2D eigenvalue weighted by Gasteiger charge is 2.44. The maximum Gasteiger partial charge on any atom is 0.326 e. The van der Waals surface area contributed by atoms with Gasteiger partial charge in [0.05, 0.1) is 4.88 Å². The van der Waals surface area contributed by atoms with Crippen LogP contribution in [-0.2, 0) is 4.79 Å². The van der Waals surface area contributed by atoms with Crippen molar-refractivity contribution in [2.45, 2.75) is 57.5 Å². The van der Waals surface area contributed by atoms with E-state index in [0.29, 0.717) is 17.2 Å². The third kappa shape index (κ3) is 2.71. The van der Waals surface area contributed by atoms with Crippen LogP contribution in [0.5, 0.6) is 0 Å². The molecule has 5 heteroatoms. The fourth-order valence-electron chi connectivity index (χ4n) is 3.84. The average Bonchev–Trinajstić information content (AvgIpc) is 2.91. The minimum atomic E-state index is -0.861. The van der Waals surface area contributed by atoms with Crippen molar-refractivity contribution in [3.63, 3.8) is 0 Å². The van der Waals surface area contributed by atoms with Gasteiger partial charge in [0.2, 0.25) is 0 Å². The number of hydrogen-bond acceptors (Lipinski definition) is 3. The van der Waals surface area contributed by atoms with Crippen molar-refractivity contribution in [3.8, 4) is 0 Å². The van der Waals surface area contributed by atoms with Gasteiger partial charge < -0.3 is 10.0 Å². The molecule has 1 aromatic rings. The molecule has 3 atom stereocenters. The molecule has 2 heterocycles. The van der Waals surface area contributed by atoms with Gasteiger partial charge in [-0.1, -0.05) is 12.8 Å². The number of carboxylic acid groups (broad SMARTS) is 1. The second-order valence-corrected chi connectivity index (χ2v) is 7.45. The molecule has 1 saturated heterocycles. The zero-order valence-electron chi connectivity index (χ0n) is 12.2. The quantitative estimate of drug-likeness (QED) is 0.912. The molecule has 3 unspecified atom stereocenters. The number of carbonyl (C=O) groups excluding carboxylic acids is 1. The van der Waals surface area contributed by atoms with E-state index in [1.54, 1.807) is 4.90 Å². The number of fused-ring (bicyclic) bond motifs is 1. The van der Waals surface area contributed by atoms with E-state index >= 15 is 0 Å². The molecule has 114 valence electrons. The van der Waals surface area contributed by atoms with Crippen molar-refractivity contribution in [1.29, 1.82) is 0 Å². The van der Waals surface area contributed by atoms with Gasteiger partial charge in [0.1, 0.15) is 6.04 Å². The van der Waals surface area contributed by atoms with E-state index < -0.39 is 12.0 Å². The predicted octanol–water partition coefficient (Wildman–Crippen LogP) is 3.30. The van der Waals surface area contributed by atoms with Crippen LogP contribution in [0.15, 0.2) is 12.1 Å². The van der Waals surface area contributed by atoms with E-state index in [1.165, 1.54) is 17.8 Å². The summed E-state index contributed by atoms with van der Waals surface area (Å²) in [5.41, 5.74) is 0. The van der Waals surface area contributed by atoms with E-state index in [-0.39, 0.29) is 11.9 Å². The number of thiophene rings is 1. The molecule has 2 aliphatic rings. The lowest BCUT2D eigenvalue weighted by Crippen LogP contribution is -2.57. The summed E-state index contributed by atoms with van der Waals surface area (Å²) in [7, 11) is 0. The minimum absolute atomic E-state index is 0.0860. The van der Waals surface area contributed by atoms with E-state index in [4.69, 9.17) is 0 Å². The standard InChI is InChI=1S/C16H21NO3S/c1-10-6-9-14(21-10)15(18)17-12-5-3-2-4-11(12)7-8-13(17)16(19)20/h6,9,11-13H,2-5,7-8H2,1H3,(H,19,20). The molecule has 1 N–H and O–H groups in total. The van der Waals surface area contributed by atoms with Gasteiger partial charge in [-0.05, 0) is 50.7 Å². The SMILES string of the molecule is Cc1ccc(C(=O)N2C(C(=O)O)CCC3CCCCC32)s1. The monoisotopic (exact) mass is 307 g/mol. The van der Waals surface area contributed by atoms with Crippen molar-refractivity contribution in [3.05, 3.63) is 21.9 Å². The highest BCUT2D eigenvalue weighted by molar-refractivity contribution is 7.13. The average molecular weight is 307 g/mol. The van der Waals surface area contributed by atoms with Crippen molar-refractivity contribution >= 4 is 23.2 Å². The third-order valence-corrected chi connectivity index (χ3v) is 5.83. The lowest BCUT2D eigenvalue weighted by atomic mass is 9.76. The summed E-state index contributed by atoms with van der Waals surface area (Å²) in [5, 5.41) is 9.51. The van der Waals surface area contributed by atoms with Crippen molar-refractivity contribution in [2.24, 2.45) is 5.92 Å². The summed E-state index contributed by atoms with van der Waals surface area (Å²) in [6.45, 7) is 1.97. The van der Waals surface area contributed by atoms with Crippen LogP contribution in [0.3, 0.4) is 0 Å². The van der Waals surface area contributed by atoms with Crippen LogP contribution in [-0.4, -0.2) is 34.0 Å². The molecule has 1 amide bonds. The Morgan fingerprint density at radius 2 is 1.95 bits per heavy atom. The van der Waals surface area contributed by atoms with Gasteiger partial charge in [-0.2, -0.15) is 0 Å². The maximum absolute atomic E-state index is 12.9. The van der Waals surface area contributed by atoms with Gasteiger partial charge in [-0.15, -0.1) is 11.3 Å². The largest absolute Gasteiger partial charge is 0.480 e. The molecular formula is C16H21NO3S. The van der Waals surface area contributed by atoms with Gasteiger partial charge in [0.25, 0.3) is 5.91 Å². The fourth-order valence-corrected chi connectivity index (χ4v) is 4.66.